The predicted octanol–water partition coefficient (Wildman–Crippen LogP) is 2.44. The normalized spacial score (nSPS) is 18.6. The molecule has 1 aliphatic heterocycles. The van der Waals surface area contributed by atoms with E-state index in [0.29, 0.717) is 6.04 Å². The van der Waals surface area contributed by atoms with E-state index in [-0.39, 0.29) is 0 Å². The molecule has 0 amide bonds. The number of nitrogens with zero attached hydrogens (tertiary/aromatic N) is 1. The van der Waals surface area contributed by atoms with Gasteiger partial charge in [0.05, 0.1) is 7.11 Å². The minimum absolute atomic E-state index is 0.534. The summed E-state index contributed by atoms with van der Waals surface area (Å²) in [6, 6.07) is 9.06. The van der Waals surface area contributed by atoms with E-state index in [9.17, 15) is 0 Å². The molecule has 18 heavy (non-hydrogen) atoms. The molecule has 1 aliphatic rings. The van der Waals surface area contributed by atoms with Crippen LogP contribution in [0.25, 0.3) is 0 Å². The summed E-state index contributed by atoms with van der Waals surface area (Å²) in [5, 5.41) is 3.42. The quantitative estimate of drug-likeness (QED) is 0.866. The number of nitrogens with one attached hydrogen (secondary N) is 1. The molecule has 0 unspecified atom stereocenters. The van der Waals surface area contributed by atoms with Crippen LogP contribution in [0, 0.1) is 0 Å². The van der Waals surface area contributed by atoms with Gasteiger partial charge in [0.25, 0.3) is 0 Å². The maximum atomic E-state index is 5.34. The van der Waals surface area contributed by atoms with Gasteiger partial charge < -0.3 is 10.1 Å². The van der Waals surface area contributed by atoms with Crippen LogP contribution in [-0.2, 0) is 0 Å². The van der Waals surface area contributed by atoms with Crippen molar-refractivity contribution >= 4 is 0 Å². The van der Waals surface area contributed by atoms with Crippen LogP contribution in [0.5, 0.6) is 5.75 Å². The number of ether oxygens (including phenoxy) is 1. The van der Waals surface area contributed by atoms with E-state index in [1.807, 2.05) is 6.07 Å². The number of methoxy groups -OCH3 is 1. The largest absolute Gasteiger partial charge is 0.497 e. The van der Waals surface area contributed by atoms with Crippen LogP contribution >= 0.6 is 0 Å². The molecule has 3 heteroatoms. The smallest absolute Gasteiger partial charge is 0.119 e. The van der Waals surface area contributed by atoms with Crippen LogP contribution in [0.2, 0.25) is 0 Å². The molecular weight excluding hydrogens is 224 g/mol. The van der Waals surface area contributed by atoms with Gasteiger partial charge in [0.1, 0.15) is 5.75 Å². The third-order valence-electron chi connectivity index (χ3n) is 3.63. The van der Waals surface area contributed by atoms with E-state index in [2.05, 4.69) is 35.3 Å². The molecule has 1 aromatic carbocycles. The van der Waals surface area contributed by atoms with Crippen molar-refractivity contribution in [3.63, 3.8) is 0 Å². The SMILES string of the molecule is CCC[C@H](c1cccc(OC)c1)N1CCNCC1. The summed E-state index contributed by atoms with van der Waals surface area (Å²) in [5.41, 5.74) is 1.39. The highest BCUT2D eigenvalue weighted by Crippen LogP contribution is 2.28. The third kappa shape index (κ3) is 3.24. The number of hydrogen-bond acceptors (Lipinski definition) is 3. The molecule has 100 valence electrons. The Labute approximate surface area is 110 Å². The van der Waals surface area contributed by atoms with Crippen molar-refractivity contribution in [3.05, 3.63) is 29.8 Å². The van der Waals surface area contributed by atoms with Gasteiger partial charge >= 0.3 is 0 Å². The monoisotopic (exact) mass is 248 g/mol. The maximum absolute atomic E-state index is 5.34. The summed E-state index contributed by atoms with van der Waals surface area (Å²) in [7, 11) is 1.73. The van der Waals surface area contributed by atoms with Crippen LogP contribution in [0.1, 0.15) is 31.4 Å². The zero-order chi connectivity index (χ0) is 12.8. The molecule has 0 aliphatic carbocycles. The van der Waals surface area contributed by atoms with E-state index < -0.39 is 0 Å². The molecule has 2 rings (SSSR count). The molecule has 1 atom stereocenters. The molecule has 1 saturated heterocycles. The first-order valence-corrected chi connectivity index (χ1v) is 6.94. The van der Waals surface area contributed by atoms with E-state index in [0.717, 1.165) is 31.9 Å². The van der Waals surface area contributed by atoms with Crippen molar-refractivity contribution in [1.82, 2.24) is 10.2 Å². The van der Waals surface area contributed by atoms with Crippen molar-refractivity contribution in [2.24, 2.45) is 0 Å². The van der Waals surface area contributed by atoms with Gasteiger partial charge in [0.15, 0.2) is 0 Å². The van der Waals surface area contributed by atoms with Gasteiger partial charge in [-0.15, -0.1) is 0 Å². The van der Waals surface area contributed by atoms with E-state index in [1.54, 1.807) is 7.11 Å². The molecule has 1 aromatic rings. The van der Waals surface area contributed by atoms with Crippen molar-refractivity contribution in [2.75, 3.05) is 33.3 Å². The standard InChI is InChI=1S/C15H24N2O/c1-3-5-15(17-10-8-16-9-11-17)13-6-4-7-14(12-13)18-2/h4,6-7,12,15-16H,3,5,8-11H2,1-2H3/t15-/m1/s1. The highest BCUT2D eigenvalue weighted by Gasteiger charge is 2.21. The fraction of sp³-hybridized carbons (Fsp3) is 0.600. The zero-order valence-electron chi connectivity index (χ0n) is 11.5. The minimum atomic E-state index is 0.534. The van der Waals surface area contributed by atoms with Crippen LogP contribution in [0.4, 0.5) is 0 Å². The van der Waals surface area contributed by atoms with Gasteiger partial charge in [-0.1, -0.05) is 25.5 Å². The molecule has 0 aromatic heterocycles. The van der Waals surface area contributed by atoms with Gasteiger partial charge in [0, 0.05) is 32.2 Å². The third-order valence-corrected chi connectivity index (χ3v) is 3.63. The lowest BCUT2D eigenvalue weighted by Gasteiger charge is -2.35. The van der Waals surface area contributed by atoms with Gasteiger partial charge in [-0.25, -0.2) is 0 Å². The summed E-state index contributed by atoms with van der Waals surface area (Å²) in [6.07, 6.45) is 2.43. The first-order valence-electron chi connectivity index (χ1n) is 6.94. The Morgan fingerprint density at radius 1 is 1.33 bits per heavy atom. The second kappa shape index (κ2) is 6.76. The minimum Gasteiger partial charge on any atom is -0.497 e. The van der Waals surface area contributed by atoms with Gasteiger partial charge in [-0.3, -0.25) is 4.90 Å². The van der Waals surface area contributed by atoms with Crippen molar-refractivity contribution in [1.29, 1.82) is 0 Å². The fourth-order valence-electron chi connectivity index (χ4n) is 2.68. The van der Waals surface area contributed by atoms with Gasteiger partial charge in [-0.05, 0) is 24.1 Å². The first-order chi connectivity index (χ1) is 8.85. The van der Waals surface area contributed by atoms with Crippen LogP contribution < -0.4 is 10.1 Å². The summed E-state index contributed by atoms with van der Waals surface area (Å²) in [6.45, 7) is 6.74. The average Bonchev–Trinajstić information content (AvgIpc) is 2.46. The number of piperazine rings is 1. The van der Waals surface area contributed by atoms with E-state index >= 15 is 0 Å². The first kappa shape index (κ1) is 13.4. The molecule has 3 nitrogen and oxygen atoms in total. The number of hydrogen-bond donors (Lipinski definition) is 1. The summed E-state index contributed by atoms with van der Waals surface area (Å²) in [5.74, 6) is 0.962. The van der Waals surface area contributed by atoms with Crippen molar-refractivity contribution < 1.29 is 4.74 Å². The topological polar surface area (TPSA) is 24.5 Å². The van der Waals surface area contributed by atoms with Crippen molar-refractivity contribution in [2.45, 2.75) is 25.8 Å². The maximum Gasteiger partial charge on any atom is 0.119 e. The van der Waals surface area contributed by atoms with Crippen LogP contribution in [0.15, 0.2) is 24.3 Å². The highest BCUT2D eigenvalue weighted by molar-refractivity contribution is 5.30. The molecular formula is C15H24N2O. The Bertz CT molecular complexity index is 361. The lowest BCUT2D eigenvalue weighted by atomic mass is 9.99. The van der Waals surface area contributed by atoms with Crippen LogP contribution in [0.3, 0.4) is 0 Å². The molecule has 1 heterocycles. The Balaban J connectivity index is 2.16. The predicted molar refractivity (Wildman–Crippen MR) is 75.1 cm³/mol. The van der Waals surface area contributed by atoms with Gasteiger partial charge in [0.2, 0.25) is 0 Å². The summed E-state index contributed by atoms with van der Waals surface area (Å²) in [4.78, 5) is 2.59. The van der Waals surface area contributed by atoms with Crippen LogP contribution in [-0.4, -0.2) is 38.2 Å². The highest BCUT2D eigenvalue weighted by atomic mass is 16.5. The lowest BCUT2D eigenvalue weighted by molar-refractivity contribution is 0.164. The molecule has 0 saturated carbocycles. The Morgan fingerprint density at radius 3 is 2.78 bits per heavy atom. The summed E-state index contributed by atoms with van der Waals surface area (Å²) >= 11 is 0. The Kier molecular flexibility index (Phi) is 5.02. The fourth-order valence-corrected chi connectivity index (χ4v) is 2.68. The van der Waals surface area contributed by atoms with Crippen molar-refractivity contribution in [3.8, 4) is 5.75 Å². The Morgan fingerprint density at radius 2 is 2.11 bits per heavy atom. The lowest BCUT2D eigenvalue weighted by Crippen LogP contribution is -2.45. The molecule has 0 bridgehead atoms. The molecule has 1 N–H and O–H groups in total. The average molecular weight is 248 g/mol. The van der Waals surface area contributed by atoms with E-state index in [4.69, 9.17) is 4.74 Å². The zero-order valence-corrected chi connectivity index (χ0v) is 11.5. The second-order valence-electron chi connectivity index (χ2n) is 4.87. The Hall–Kier alpha value is -1.06. The number of rotatable bonds is 5. The second-order valence-corrected chi connectivity index (χ2v) is 4.87. The summed E-state index contributed by atoms with van der Waals surface area (Å²) < 4.78 is 5.34. The number of benzene rings is 1. The van der Waals surface area contributed by atoms with E-state index in [1.165, 1.54) is 18.4 Å². The molecule has 0 spiro atoms. The molecule has 1 fully saturated rings. The molecule has 0 radical (unpaired) electrons. The van der Waals surface area contributed by atoms with Gasteiger partial charge in [-0.2, -0.15) is 0 Å².